The van der Waals surface area contributed by atoms with Crippen molar-refractivity contribution in [1.29, 1.82) is 0 Å². The molecule has 3 fully saturated rings. The van der Waals surface area contributed by atoms with Crippen molar-refractivity contribution in [3.05, 3.63) is 24.3 Å². The van der Waals surface area contributed by atoms with Crippen LogP contribution in [0.4, 0.5) is 0 Å². The number of aliphatic hydroxyl groups excluding tert-OH is 1. The molecule has 9 heteroatoms. The number of aliphatic hydroxyl groups is 1. The SMILES string of the molecule is COc1ccc(S(=O)(=O)N(CC2CCCCC2)C[C@H](O)CN2C[C@H]3CCCC[C@H]3C[C@H]2C(=O)NC(C)(C)C)cc1. The number of amides is 1. The number of carbonyl (C=O) groups excluding carboxylic acids is 1. The first-order valence-electron chi connectivity index (χ1n) is 15.3. The highest BCUT2D eigenvalue weighted by Crippen LogP contribution is 2.39. The highest BCUT2D eigenvalue weighted by atomic mass is 32.2. The number of rotatable bonds is 10. The fraction of sp³-hybridized carbons (Fsp3) is 0.774. The van der Waals surface area contributed by atoms with Crippen molar-refractivity contribution in [2.45, 2.75) is 108 Å². The van der Waals surface area contributed by atoms with Gasteiger partial charge in [0.1, 0.15) is 5.75 Å². The second kappa shape index (κ2) is 13.5. The molecule has 1 aliphatic heterocycles. The lowest BCUT2D eigenvalue weighted by Crippen LogP contribution is -2.59. The molecule has 0 unspecified atom stereocenters. The van der Waals surface area contributed by atoms with E-state index in [4.69, 9.17) is 4.74 Å². The molecule has 0 aromatic heterocycles. The zero-order valence-electron chi connectivity index (χ0n) is 25.0. The Morgan fingerprint density at radius 1 is 1.05 bits per heavy atom. The summed E-state index contributed by atoms with van der Waals surface area (Å²) in [6, 6.07) is 6.17. The van der Waals surface area contributed by atoms with E-state index in [-0.39, 0.29) is 41.4 Å². The van der Waals surface area contributed by atoms with Crippen LogP contribution in [0.15, 0.2) is 29.2 Å². The van der Waals surface area contributed by atoms with E-state index in [1.807, 2.05) is 20.8 Å². The number of β-amino-alcohol motifs (C(OH)–C–C–N with tert-alkyl or cyclic N) is 1. The van der Waals surface area contributed by atoms with Gasteiger partial charge in [-0.2, -0.15) is 4.31 Å². The van der Waals surface area contributed by atoms with E-state index in [1.165, 1.54) is 23.6 Å². The molecule has 1 aromatic rings. The average Bonchev–Trinajstić information content (AvgIpc) is 2.92. The first-order chi connectivity index (χ1) is 19.0. The largest absolute Gasteiger partial charge is 0.497 e. The Bertz CT molecular complexity index is 1070. The van der Waals surface area contributed by atoms with E-state index in [0.717, 1.165) is 51.5 Å². The summed E-state index contributed by atoms with van der Waals surface area (Å²) in [6.45, 7) is 7.45. The first-order valence-corrected chi connectivity index (χ1v) is 16.8. The Balaban J connectivity index is 1.52. The fourth-order valence-corrected chi connectivity index (χ4v) is 8.57. The molecule has 4 rings (SSSR count). The highest BCUT2D eigenvalue weighted by molar-refractivity contribution is 7.89. The van der Waals surface area contributed by atoms with Gasteiger partial charge in [-0.05, 0) is 88.5 Å². The van der Waals surface area contributed by atoms with Crippen LogP contribution in [0.3, 0.4) is 0 Å². The van der Waals surface area contributed by atoms with Gasteiger partial charge in [0.2, 0.25) is 15.9 Å². The van der Waals surface area contributed by atoms with Crippen molar-refractivity contribution in [2.75, 3.05) is 33.3 Å². The second-order valence-electron chi connectivity index (χ2n) is 13.4. The van der Waals surface area contributed by atoms with Crippen LogP contribution in [0.2, 0.25) is 0 Å². The lowest BCUT2D eigenvalue weighted by Gasteiger charge is -2.46. The molecule has 1 amide bonds. The maximum absolute atomic E-state index is 13.8. The third-order valence-corrected chi connectivity index (χ3v) is 10.9. The molecule has 3 aliphatic rings. The number of likely N-dealkylation sites (tertiary alicyclic amines) is 1. The predicted octanol–water partition coefficient (Wildman–Crippen LogP) is 4.42. The van der Waals surface area contributed by atoms with Gasteiger partial charge in [-0.3, -0.25) is 9.69 Å². The second-order valence-corrected chi connectivity index (χ2v) is 15.3. The molecular weight excluding hydrogens is 526 g/mol. The van der Waals surface area contributed by atoms with E-state index in [9.17, 15) is 18.3 Å². The van der Waals surface area contributed by atoms with Gasteiger partial charge in [-0.25, -0.2) is 8.42 Å². The van der Waals surface area contributed by atoms with Crippen LogP contribution >= 0.6 is 0 Å². The van der Waals surface area contributed by atoms with Crippen molar-refractivity contribution >= 4 is 15.9 Å². The number of ether oxygens (including phenoxy) is 1. The van der Waals surface area contributed by atoms with E-state index in [1.54, 1.807) is 31.4 Å². The van der Waals surface area contributed by atoms with Gasteiger partial charge in [-0.1, -0.05) is 38.5 Å². The monoisotopic (exact) mass is 577 g/mol. The minimum absolute atomic E-state index is 0.00800. The van der Waals surface area contributed by atoms with Crippen molar-refractivity contribution in [3.8, 4) is 5.75 Å². The Hall–Kier alpha value is -1.68. The number of piperidine rings is 1. The van der Waals surface area contributed by atoms with Gasteiger partial charge >= 0.3 is 0 Å². The number of nitrogens with zero attached hydrogens (tertiary/aromatic N) is 2. The highest BCUT2D eigenvalue weighted by Gasteiger charge is 2.41. The summed E-state index contributed by atoms with van der Waals surface area (Å²) in [7, 11) is -2.26. The summed E-state index contributed by atoms with van der Waals surface area (Å²) in [5, 5.41) is 14.6. The minimum Gasteiger partial charge on any atom is -0.497 e. The maximum Gasteiger partial charge on any atom is 0.243 e. The number of sulfonamides is 1. The van der Waals surface area contributed by atoms with E-state index in [2.05, 4.69) is 10.2 Å². The van der Waals surface area contributed by atoms with Crippen LogP contribution in [0.1, 0.15) is 85.0 Å². The molecule has 4 atom stereocenters. The van der Waals surface area contributed by atoms with Gasteiger partial charge in [0.15, 0.2) is 0 Å². The van der Waals surface area contributed by atoms with Gasteiger partial charge in [0, 0.05) is 31.7 Å². The van der Waals surface area contributed by atoms with E-state index < -0.39 is 16.1 Å². The van der Waals surface area contributed by atoms with Gasteiger partial charge in [0.25, 0.3) is 0 Å². The summed E-state index contributed by atoms with van der Waals surface area (Å²) in [4.78, 5) is 15.8. The molecule has 2 saturated carbocycles. The number of fused-ring (bicyclic) bond motifs is 1. The van der Waals surface area contributed by atoms with Gasteiger partial charge in [-0.15, -0.1) is 0 Å². The Morgan fingerprint density at radius 3 is 2.30 bits per heavy atom. The van der Waals surface area contributed by atoms with Crippen molar-refractivity contribution in [1.82, 2.24) is 14.5 Å². The molecule has 0 radical (unpaired) electrons. The van der Waals surface area contributed by atoms with Crippen molar-refractivity contribution in [2.24, 2.45) is 17.8 Å². The van der Waals surface area contributed by atoms with Crippen LogP contribution in [0, 0.1) is 17.8 Å². The van der Waals surface area contributed by atoms with Crippen LogP contribution in [0.25, 0.3) is 0 Å². The molecule has 40 heavy (non-hydrogen) atoms. The molecule has 1 aromatic carbocycles. The van der Waals surface area contributed by atoms with E-state index >= 15 is 0 Å². The Morgan fingerprint density at radius 2 is 1.68 bits per heavy atom. The topological polar surface area (TPSA) is 99.2 Å². The normalized spacial score (nSPS) is 25.8. The Labute approximate surface area is 241 Å². The number of hydrogen-bond donors (Lipinski definition) is 2. The van der Waals surface area contributed by atoms with Crippen molar-refractivity contribution in [3.63, 3.8) is 0 Å². The molecule has 1 heterocycles. The lowest BCUT2D eigenvalue weighted by atomic mass is 9.72. The summed E-state index contributed by atoms with van der Waals surface area (Å²) in [5.41, 5.74) is -0.339. The summed E-state index contributed by atoms with van der Waals surface area (Å²) in [5.74, 6) is 1.96. The standard InChI is InChI=1S/C31H51N3O5S/c1-31(2,3)32-30(36)29-18-24-12-8-9-13-25(24)20-33(29)21-26(35)22-34(19-23-10-6-5-7-11-23)40(37,38)28-16-14-27(39-4)15-17-28/h14-17,23-26,29,35H,5-13,18-22H2,1-4H3,(H,32,36)/t24-,25+,26+,29-/m0/s1. The molecule has 8 nitrogen and oxygen atoms in total. The van der Waals surface area contributed by atoms with E-state index in [0.29, 0.717) is 24.1 Å². The third-order valence-electron chi connectivity index (χ3n) is 9.05. The molecule has 0 bridgehead atoms. The van der Waals surface area contributed by atoms with Crippen LogP contribution in [-0.4, -0.2) is 79.6 Å². The number of benzene rings is 1. The average molecular weight is 578 g/mol. The van der Waals surface area contributed by atoms with Crippen molar-refractivity contribution < 1.29 is 23.1 Å². The zero-order valence-corrected chi connectivity index (χ0v) is 25.8. The molecule has 226 valence electrons. The number of methoxy groups -OCH3 is 1. The van der Waals surface area contributed by atoms with Crippen LogP contribution in [0.5, 0.6) is 5.75 Å². The summed E-state index contributed by atoms with van der Waals surface area (Å²) >= 11 is 0. The van der Waals surface area contributed by atoms with Gasteiger partial charge in [0.05, 0.1) is 24.2 Å². The van der Waals surface area contributed by atoms with Gasteiger partial charge < -0.3 is 15.2 Å². The quantitative estimate of drug-likeness (QED) is 0.427. The minimum atomic E-state index is -3.81. The molecule has 0 spiro atoms. The number of carbonyl (C=O) groups is 1. The third kappa shape index (κ3) is 8.20. The molecule has 2 aliphatic carbocycles. The molecule has 2 N–H and O–H groups in total. The number of nitrogens with one attached hydrogen (secondary N) is 1. The molecule has 1 saturated heterocycles. The zero-order chi connectivity index (χ0) is 28.9. The van der Waals surface area contributed by atoms with Crippen LogP contribution in [-0.2, 0) is 14.8 Å². The lowest BCUT2D eigenvalue weighted by molar-refractivity contribution is -0.132. The Kier molecular flexibility index (Phi) is 10.6. The predicted molar refractivity (Wildman–Crippen MR) is 158 cm³/mol. The smallest absolute Gasteiger partial charge is 0.243 e. The molecular formula is C31H51N3O5S. The summed E-state index contributed by atoms with van der Waals surface area (Å²) < 4.78 is 34.4. The maximum atomic E-state index is 13.8. The fourth-order valence-electron chi connectivity index (χ4n) is 7.02. The number of hydrogen-bond acceptors (Lipinski definition) is 6. The summed E-state index contributed by atoms with van der Waals surface area (Å²) in [6.07, 6.45) is 10.1. The van der Waals surface area contributed by atoms with Crippen LogP contribution < -0.4 is 10.1 Å². The first kappa shape index (κ1) is 31.3.